The van der Waals surface area contributed by atoms with E-state index in [9.17, 15) is 24.0 Å². The fourth-order valence-corrected chi connectivity index (χ4v) is 24.8. The van der Waals surface area contributed by atoms with Crippen LogP contribution in [0.3, 0.4) is 0 Å². The highest BCUT2D eigenvalue weighted by Crippen LogP contribution is 2.65. The molecule has 0 spiro atoms. The molecule has 14 aliphatic rings. The molecule has 1 amide bonds. The molecule has 6 unspecified atom stereocenters. The van der Waals surface area contributed by atoms with Crippen LogP contribution in [0.25, 0.3) is 0 Å². The Labute approximate surface area is 748 Å². The summed E-state index contributed by atoms with van der Waals surface area (Å²) < 4.78 is 100. The largest absolute Gasteiger partial charge is 0.462 e. The second-order valence-electron chi connectivity index (χ2n) is 38.1. The lowest BCUT2D eigenvalue weighted by Crippen LogP contribution is -2.59. The van der Waals surface area contributed by atoms with Crippen molar-refractivity contribution in [1.29, 1.82) is 0 Å². The number of carbonyl (C=O) groups is 6. The van der Waals surface area contributed by atoms with E-state index in [4.69, 9.17) is 87.4 Å². The van der Waals surface area contributed by atoms with E-state index in [1.807, 2.05) is 64.1 Å². The number of likely N-dealkylation sites (tertiary alicyclic amines) is 1. The second-order valence-corrected chi connectivity index (χ2v) is 38.5. The Kier molecular flexibility index (Phi) is 34.5. The molecule has 2 aromatic carbocycles. The Morgan fingerprint density at radius 3 is 1.28 bits per heavy atom. The Balaban J connectivity index is 0.000000205. The number of ketones is 2. The number of amides is 1. The minimum Gasteiger partial charge on any atom is -0.462 e. The molecule has 0 aromatic heterocycles. The SMILES string of the molecule is C.C.CC[C@H]1CCC[C@H](O[C@H]2CC[C@H](N(C)C)C(C)O2)[C@@H](C)C(=O)C2=C[C@H]3[C@@H]4C[C@H](O[C@@H]5OC(C)[C@H](OC)[C@@H](OC)C5OC)C[C@H]4[C@@H]4N[C@@H]4[C@H]3[C@@H]2CC(=O)O1.CC[C@H]1CCC[C@H](O[C@H]2CC[C@H](N(C)C)C(C)O2)[C@@H](C)C(=O)C2=C[C@H]3[C@@H]4C[C@H](O[C@@H]5OC(C)[C@H](OC)[C@@H](OC)C5OC)C[C@H]4[C@H]4[C@@H]([C@H]3[C@@H]2CC(=O)O1)N4C(=O)c1ccccc1.O=C(Cl)c1ccccc1. The van der Waals surface area contributed by atoms with Gasteiger partial charge in [-0.25, -0.2) is 0 Å². The zero-order valence-electron chi connectivity index (χ0n) is 75.8. The van der Waals surface area contributed by atoms with Crippen LogP contribution in [0.1, 0.15) is 207 Å². The van der Waals surface area contributed by atoms with E-state index in [1.54, 1.807) is 66.9 Å². The highest BCUT2D eigenvalue weighted by Gasteiger charge is 2.71. The number of cyclic esters (lactones) is 2. The number of hydrogen-bond acceptors (Lipinski definition) is 25. The third-order valence-electron chi connectivity index (χ3n) is 30.9. The summed E-state index contributed by atoms with van der Waals surface area (Å²) in [5, 5.41) is 3.42. The van der Waals surface area contributed by atoms with Crippen LogP contribution in [0.5, 0.6) is 0 Å². The highest BCUT2D eigenvalue weighted by atomic mass is 35.5. The molecule has 8 heterocycles. The molecule has 2 aromatic rings. The molecule has 0 bridgehead atoms. The maximum absolute atomic E-state index is 15.2. The van der Waals surface area contributed by atoms with E-state index in [-0.39, 0.29) is 208 Å². The van der Waals surface area contributed by atoms with Crippen molar-refractivity contribution >= 4 is 46.3 Å². The van der Waals surface area contributed by atoms with Crippen LogP contribution in [0.15, 0.2) is 84.0 Å². The number of halogens is 1. The molecule has 700 valence electrons. The van der Waals surface area contributed by atoms with Gasteiger partial charge in [-0.1, -0.05) is 103 Å². The van der Waals surface area contributed by atoms with Crippen molar-refractivity contribution in [1.82, 2.24) is 20.0 Å². The quantitative estimate of drug-likeness (QED) is 0.0732. The van der Waals surface area contributed by atoms with Gasteiger partial charge >= 0.3 is 11.9 Å². The standard InChI is InChI=1S/C48H70N2O11.C41H66N2O10.C7H5ClO.2CH4/c1-10-29-17-14-18-37(61-39-20-19-36(49(5)6)26(3)57-39)25(2)43(52)35-23-32-31-21-30(60-48-46(56-9)45(55-8)44(54-7)27(4)58-48)22-34(31)41-42(40(32)33(35)24-38(51)59-29)50(41)47(53)28-15-12-11-13-16-28;1-10-23-12-11-13-31(53-33-15-14-30(43(5)6)21(3)49-33)20(2)37(45)29-18-26-25-16-24(52-41-40(48-9)39(47-8)38(46-7)22(4)50-41)17-28(25)35-36(42-35)34(26)27(29)19-32(44)51-23;8-7(9)6-4-2-1-3-5-6;;/h11-13,15-16,23,25-27,29-34,36-37,39-42,44-46,48H,10,14,17-22,24H2,1-9H3;18,20-28,30-31,33-36,38-42H,10-17,19H2,1-9H3;1-5H;2*1H4/t25-,26?,27?,29+,30+,31+,32+,33-,34-,36+,37+,39+,40-,41+,42-,44+,45-,46?,48+,50?;20-,21?,22?,23+,24+,25+,26+,27-,28-,30+,31+,33+,34-,35+,36-,38+,39-,40?,41+;;;/m11.../s1. The zero-order chi connectivity index (χ0) is 87.7. The van der Waals surface area contributed by atoms with Crippen molar-refractivity contribution in [3.63, 3.8) is 0 Å². The van der Waals surface area contributed by atoms with Crippen LogP contribution >= 0.6 is 11.6 Å². The first-order valence-electron chi connectivity index (χ1n) is 46.2. The van der Waals surface area contributed by atoms with Gasteiger partial charge in [0, 0.05) is 102 Å². The number of carbonyl (C=O) groups excluding carboxylic acids is 6. The molecule has 0 radical (unpaired) electrons. The van der Waals surface area contributed by atoms with Crippen molar-refractivity contribution < 1.29 is 105 Å². The smallest absolute Gasteiger partial charge is 0.306 e. The summed E-state index contributed by atoms with van der Waals surface area (Å²) in [7, 11) is 18.3. The van der Waals surface area contributed by atoms with E-state index in [2.05, 4.69) is 88.1 Å². The number of allylic oxidation sites excluding steroid dienone is 4. The fourth-order valence-electron chi connectivity index (χ4n) is 24.7. The van der Waals surface area contributed by atoms with Crippen LogP contribution in [0, 0.1) is 71.0 Å². The molecule has 125 heavy (non-hydrogen) atoms. The van der Waals surface area contributed by atoms with Gasteiger partial charge in [0.05, 0.1) is 73.8 Å². The molecule has 12 fully saturated rings. The second kappa shape index (κ2) is 43.5. The summed E-state index contributed by atoms with van der Waals surface area (Å²) in [4.78, 5) is 88.9. The maximum atomic E-state index is 15.2. The Hall–Kier alpha value is -5.05. The van der Waals surface area contributed by atoms with E-state index >= 15 is 4.79 Å². The van der Waals surface area contributed by atoms with Gasteiger partial charge in [-0.2, -0.15) is 0 Å². The van der Waals surface area contributed by atoms with E-state index < -0.39 is 54.3 Å². The van der Waals surface area contributed by atoms with Gasteiger partial charge in [-0.05, 0) is 241 Å². The zero-order valence-corrected chi connectivity index (χ0v) is 76.6. The van der Waals surface area contributed by atoms with Crippen LogP contribution in [-0.4, -0.2) is 279 Å². The third-order valence-corrected chi connectivity index (χ3v) is 31.1. The van der Waals surface area contributed by atoms with Gasteiger partial charge in [0.25, 0.3) is 11.1 Å². The summed E-state index contributed by atoms with van der Waals surface area (Å²) >= 11 is 5.16. The minimum absolute atomic E-state index is 0. The van der Waals surface area contributed by atoms with Crippen molar-refractivity contribution in [2.45, 2.75) is 345 Å². The molecule has 1 N–H and O–H groups in total. The molecule has 4 saturated carbocycles. The Bertz CT molecular complexity index is 3960. The molecule has 27 heteroatoms. The monoisotopic (exact) mass is 1770 g/mol. The lowest BCUT2D eigenvalue weighted by molar-refractivity contribution is -0.314. The lowest BCUT2D eigenvalue weighted by Gasteiger charge is -2.44. The Morgan fingerprint density at radius 1 is 0.464 bits per heavy atom. The predicted molar refractivity (Wildman–Crippen MR) is 471 cm³/mol. The van der Waals surface area contributed by atoms with Gasteiger partial charge in [-0.15, -0.1) is 0 Å². The Morgan fingerprint density at radius 2 is 0.872 bits per heavy atom. The summed E-state index contributed by atoms with van der Waals surface area (Å²) in [5.41, 5.74) is 2.66. The molecular weight excluding hydrogens is 1620 g/mol. The molecule has 8 aliphatic heterocycles. The number of ether oxygens (including phenoxy) is 16. The first-order valence-corrected chi connectivity index (χ1v) is 46.6. The number of nitrogens with zero attached hydrogens (tertiary/aromatic N) is 3. The molecule has 8 saturated heterocycles. The number of benzene rings is 2. The van der Waals surface area contributed by atoms with E-state index in [1.165, 1.54) is 0 Å². The van der Waals surface area contributed by atoms with Crippen molar-refractivity contribution in [3.8, 4) is 0 Å². The highest BCUT2D eigenvalue weighted by molar-refractivity contribution is 6.67. The first-order chi connectivity index (χ1) is 59.2. The van der Waals surface area contributed by atoms with Crippen LogP contribution in [0.4, 0.5) is 0 Å². The predicted octanol–water partition coefficient (Wildman–Crippen LogP) is 13.4. The lowest BCUT2D eigenvalue weighted by atomic mass is 9.66. The topological polar surface area (TPSA) is 282 Å². The van der Waals surface area contributed by atoms with Crippen molar-refractivity contribution in [3.05, 3.63) is 95.1 Å². The van der Waals surface area contributed by atoms with E-state index in [0.29, 0.717) is 72.3 Å². The number of esters is 2. The normalized spacial score (nSPS) is 42.7. The number of rotatable bonds is 20. The van der Waals surface area contributed by atoms with Crippen LogP contribution in [-0.2, 0) is 95.0 Å². The summed E-state index contributed by atoms with van der Waals surface area (Å²) in [5.74, 6) is -0.617. The average molecular weight is 1770 g/mol. The van der Waals surface area contributed by atoms with Gasteiger partial charge in [-0.3, -0.25) is 28.8 Å². The molecule has 16 rings (SSSR count). The van der Waals surface area contributed by atoms with Gasteiger partial charge in [0.1, 0.15) is 48.8 Å². The molecule has 6 aliphatic carbocycles. The van der Waals surface area contributed by atoms with Gasteiger partial charge in [0.15, 0.2) is 36.7 Å². The summed E-state index contributed by atoms with van der Waals surface area (Å²) in [6.45, 7) is 16.3. The number of nitrogens with one attached hydrogen (secondary N) is 1. The molecule has 26 nitrogen and oxygen atoms in total. The molecule has 38 atom stereocenters. The number of Topliss-reactive ketones (excluding diaryl/α,β-unsaturated/α-hetero) is 2. The number of likely N-dealkylation sites (N-methyl/N-ethyl adjacent to an activating group) is 2. The summed E-state index contributed by atoms with van der Waals surface area (Å²) in [6.07, 6.45) is 11.4. The van der Waals surface area contributed by atoms with E-state index in [0.717, 1.165) is 82.6 Å². The van der Waals surface area contributed by atoms with Crippen LogP contribution in [0.2, 0.25) is 0 Å². The minimum atomic E-state index is -0.684. The van der Waals surface area contributed by atoms with Gasteiger partial charge in [0.2, 0.25) is 0 Å². The van der Waals surface area contributed by atoms with Gasteiger partial charge < -0.3 is 95.8 Å². The van der Waals surface area contributed by atoms with Crippen molar-refractivity contribution in [2.24, 2.45) is 71.0 Å². The summed E-state index contributed by atoms with van der Waals surface area (Å²) in [6, 6.07) is 19.2. The third kappa shape index (κ3) is 21.2. The maximum Gasteiger partial charge on any atom is 0.306 e. The van der Waals surface area contributed by atoms with Crippen LogP contribution < -0.4 is 5.32 Å². The number of methoxy groups -OCH3 is 6. The fraction of sp³-hybridized carbons (Fsp3) is 0.776. The first kappa shape index (κ1) is 99.0. The number of fused-ring (bicyclic) bond motifs is 16. The number of hydrogen-bond donors (Lipinski definition) is 1. The molecular formula is C98H149ClN4O22. The van der Waals surface area contributed by atoms with Crippen molar-refractivity contribution in [2.75, 3.05) is 70.8 Å². The average Bonchev–Trinajstić information content (AvgIpc) is 2.43.